The van der Waals surface area contributed by atoms with Crippen molar-refractivity contribution in [2.24, 2.45) is 5.73 Å². The lowest BCUT2D eigenvalue weighted by Gasteiger charge is -2.24. The van der Waals surface area contributed by atoms with Gasteiger partial charge >= 0.3 is 0 Å². The molecule has 0 aromatic heterocycles. The Hall–Kier alpha value is -2.07. The van der Waals surface area contributed by atoms with E-state index >= 15 is 0 Å². The van der Waals surface area contributed by atoms with Crippen molar-refractivity contribution in [3.63, 3.8) is 0 Å². The fourth-order valence-electron chi connectivity index (χ4n) is 2.18. The summed E-state index contributed by atoms with van der Waals surface area (Å²) in [6, 6.07) is 11.8. The predicted octanol–water partition coefficient (Wildman–Crippen LogP) is 3.61. The molecule has 0 amide bonds. The molecule has 0 heterocycles. The molecule has 2 unspecified atom stereocenters. The average molecular weight is 289 g/mol. The second-order valence-electron chi connectivity index (χ2n) is 5.08. The third kappa shape index (κ3) is 3.73. The molecule has 2 atom stereocenters. The number of benzene rings is 2. The predicted molar refractivity (Wildman–Crippen MR) is 81.1 cm³/mol. The van der Waals surface area contributed by atoms with Crippen LogP contribution in [0.15, 0.2) is 42.5 Å². The van der Waals surface area contributed by atoms with Crippen LogP contribution >= 0.6 is 0 Å². The van der Waals surface area contributed by atoms with Crippen LogP contribution in [0.5, 0.6) is 11.5 Å². The van der Waals surface area contributed by atoms with Gasteiger partial charge in [-0.05, 0) is 55.3 Å². The molecule has 0 saturated carbocycles. The average Bonchev–Trinajstić information content (AvgIpc) is 2.46. The Morgan fingerprint density at radius 2 is 1.90 bits per heavy atom. The summed E-state index contributed by atoms with van der Waals surface area (Å²) in [6.07, 6.45) is -0.329. The standard InChI is InChI=1S/C17H20FNO2/c1-11-9-14(18)7-8-16(11)21-17(12(2)19)13-5-4-6-15(10-13)20-3/h4-10,12,17H,19H2,1-3H3. The fraction of sp³-hybridized carbons (Fsp3) is 0.294. The Morgan fingerprint density at radius 3 is 2.52 bits per heavy atom. The Balaban J connectivity index is 2.30. The molecule has 2 rings (SSSR count). The van der Waals surface area contributed by atoms with Gasteiger partial charge in [-0.1, -0.05) is 12.1 Å². The van der Waals surface area contributed by atoms with Crippen LogP contribution in [-0.2, 0) is 0 Å². The van der Waals surface area contributed by atoms with Gasteiger partial charge in [0.2, 0.25) is 0 Å². The number of aryl methyl sites for hydroxylation is 1. The monoisotopic (exact) mass is 289 g/mol. The van der Waals surface area contributed by atoms with E-state index in [1.807, 2.05) is 38.1 Å². The van der Waals surface area contributed by atoms with E-state index in [9.17, 15) is 4.39 Å². The van der Waals surface area contributed by atoms with Gasteiger partial charge in [0.05, 0.1) is 7.11 Å². The second-order valence-corrected chi connectivity index (χ2v) is 5.08. The van der Waals surface area contributed by atoms with Crippen LogP contribution in [0.25, 0.3) is 0 Å². The highest BCUT2D eigenvalue weighted by atomic mass is 19.1. The topological polar surface area (TPSA) is 44.5 Å². The molecular weight excluding hydrogens is 269 g/mol. The second kappa shape index (κ2) is 6.59. The molecule has 0 aliphatic carbocycles. The number of halogens is 1. The van der Waals surface area contributed by atoms with Crippen LogP contribution in [-0.4, -0.2) is 13.2 Å². The molecule has 2 aromatic rings. The molecule has 0 radical (unpaired) electrons. The summed E-state index contributed by atoms with van der Waals surface area (Å²) in [4.78, 5) is 0. The van der Waals surface area contributed by atoms with Crippen molar-refractivity contribution in [2.75, 3.05) is 7.11 Å². The number of nitrogens with two attached hydrogens (primary N) is 1. The zero-order valence-corrected chi connectivity index (χ0v) is 12.5. The summed E-state index contributed by atoms with van der Waals surface area (Å²) in [7, 11) is 1.62. The van der Waals surface area contributed by atoms with Crippen molar-refractivity contribution in [2.45, 2.75) is 26.0 Å². The molecule has 0 fully saturated rings. The zero-order chi connectivity index (χ0) is 15.4. The van der Waals surface area contributed by atoms with Crippen molar-refractivity contribution in [1.82, 2.24) is 0 Å². The van der Waals surface area contributed by atoms with Crippen LogP contribution in [0.3, 0.4) is 0 Å². The van der Waals surface area contributed by atoms with Crippen LogP contribution in [0, 0.1) is 12.7 Å². The Bertz CT molecular complexity index is 613. The summed E-state index contributed by atoms with van der Waals surface area (Å²) in [5, 5.41) is 0. The number of hydrogen-bond acceptors (Lipinski definition) is 3. The molecule has 2 N–H and O–H groups in total. The van der Waals surface area contributed by atoms with Crippen molar-refractivity contribution in [3.05, 3.63) is 59.4 Å². The Morgan fingerprint density at radius 1 is 1.14 bits per heavy atom. The summed E-state index contributed by atoms with van der Waals surface area (Å²) >= 11 is 0. The van der Waals surface area contributed by atoms with Crippen molar-refractivity contribution in [3.8, 4) is 11.5 Å². The zero-order valence-electron chi connectivity index (χ0n) is 12.5. The largest absolute Gasteiger partial charge is 0.497 e. The van der Waals surface area contributed by atoms with Crippen molar-refractivity contribution < 1.29 is 13.9 Å². The van der Waals surface area contributed by atoms with Crippen LogP contribution < -0.4 is 15.2 Å². The maximum Gasteiger partial charge on any atom is 0.139 e. The van der Waals surface area contributed by atoms with Gasteiger partial charge in [-0.3, -0.25) is 0 Å². The minimum Gasteiger partial charge on any atom is -0.497 e. The first-order valence-electron chi connectivity index (χ1n) is 6.83. The fourth-order valence-corrected chi connectivity index (χ4v) is 2.18. The maximum absolute atomic E-state index is 13.2. The van der Waals surface area contributed by atoms with E-state index in [4.69, 9.17) is 15.2 Å². The van der Waals surface area contributed by atoms with Gasteiger partial charge < -0.3 is 15.2 Å². The van der Waals surface area contributed by atoms with Gasteiger partial charge in [0.25, 0.3) is 0 Å². The minimum absolute atomic E-state index is 0.221. The summed E-state index contributed by atoms with van der Waals surface area (Å²) < 4.78 is 24.4. The Labute approximate surface area is 124 Å². The lowest BCUT2D eigenvalue weighted by molar-refractivity contribution is 0.178. The third-order valence-electron chi connectivity index (χ3n) is 3.29. The molecule has 0 spiro atoms. The number of ether oxygens (including phenoxy) is 2. The third-order valence-corrected chi connectivity index (χ3v) is 3.29. The molecule has 3 nitrogen and oxygen atoms in total. The number of rotatable bonds is 5. The SMILES string of the molecule is COc1cccc(C(Oc2ccc(F)cc2C)C(C)N)c1. The quantitative estimate of drug-likeness (QED) is 0.914. The van der Waals surface area contributed by atoms with E-state index in [1.54, 1.807) is 13.2 Å². The summed E-state index contributed by atoms with van der Waals surface area (Å²) in [5.41, 5.74) is 7.71. The smallest absolute Gasteiger partial charge is 0.139 e. The normalized spacial score (nSPS) is 13.6. The molecule has 0 aliphatic heterocycles. The van der Waals surface area contributed by atoms with Crippen LogP contribution in [0.1, 0.15) is 24.2 Å². The molecule has 0 bridgehead atoms. The van der Waals surface area contributed by atoms with Crippen molar-refractivity contribution in [1.29, 1.82) is 0 Å². The van der Waals surface area contributed by atoms with Crippen LogP contribution in [0.2, 0.25) is 0 Å². The summed E-state index contributed by atoms with van der Waals surface area (Å²) in [5.74, 6) is 1.10. The molecule has 0 saturated heterocycles. The number of hydrogen-bond donors (Lipinski definition) is 1. The van der Waals surface area contributed by atoms with E-state index < -0.39 is 0 Å². The molecule has 112 valence electrons. The highest BCUT2D eigenvalue weighted by Gasteiger charge is 2.19. The van der Waals surface area contributed by atoms with Gasteiger partial charge in [-0.15, -0.1) is 0 Å². The van der Waals surface area contributed by atoms with Gasteiger partial charge in [0.15, 0.2) is 0 Å². The summed E-state index contributed by atoms with van der Waals surface area (Å²) in [6.45, 7) is 3.69. The minimum atomic E-state index is -0.329. The van der Waals surface area contributed by atoms with E-state index in [0.717, 1.165) is 16.9 Å². The van der Waals surface area contributed by atoms with Gasteiger partial charge in [-0.2, -0.15) is 0 Å². The van der Waals surface area contributed by atoms with Gasteiger partial charge in [-0.25, -0.2) is 4.39 Å². The highest BCUT2D eigenvalue weighted by molar-refractivity contribution is 5.35. The first kappa shape index (κ1) is 15.3. The van der Waals surface area contributed by atoms with Gasteiger partial charge in [0, 0.05) is 6.04 Å². The first-order chi connectivity index (χ1) is 10.0. The lowest BCUT2D eigenvalue weighted by atomic mass is 10.0. The van der Waals surface area contributed by atoms with E-state index in [-0.39, 0.29) is 18.0 Å². The van der Waals surface area contributed by atoms with E-state index in [1.165, 1.54) is 12.1 Å². The van der Waals surface area contributed by atoms with E-state index in [0.29, 0.717) is 5.75 Å². The molecule has 21 heavy (non-hydrogen) atoms. The highest BCUT2D eigenvalue weighted by Crippen LogP contribution is 2.29. The molecule has 2 aromatic carbocycles. The maximum atomic E-state index is 13.2. The molecule has 0 aliphatic rings. The Kier molecular flexibility index (Phi) is 4.81. The lowest BCUT2D eigenvalue weighted by Crippen LogP contribution is -2.29. The first-order valence-corrected chi connectivity index (χ1v) is 6.83. The molecular formula is C17H20FNO2. The molecule has 4 heteroatoms. The van der Waals surface area contributed by atoms with Gasteiger partial charge in [0.1, 0.15) is 23.4 Å². The number of methoxy groups -OCH3 is 1. The van der Waals surface area contributed by atoms with Crippen LogP contribution in [0.4, 0.5) is 4.39 Å². The van der Waals surface area contributed by atoms with Crippen molar-refractivity contribution >= 4 is 0 Å². The van der Waals surface area contributed by atoms with E-state index in [2.05, 4.69) is 0 Å².